The first kappa shape index (κ1) is 20.9. The van der Waals surface area contributed by atoms with Crippen LogP contribution >= 0.6 is 0 Å². The Morgan fingerprint density at radius 1 is 0.963 bits per heavy atom. The Kier molecular flexibility index (Phi) is 8.22. The molecular weight excluding hydrogens is 336 g/mol. The molecule has 1 atom stereocenters. The first-order valence-corrected chi connectivity index (χ1v) is 11.2. The number of hydrogen-bond donors (Lipinski definition) is 2. The van der Waals surface area contributed by atoms with Crippen LogP contribution in [0.15, 0.2) is 4.99 Å². The maximum absolute atomic E-state index is 4.47. The van der Waals surface area contributed by atoms with Crippen molar-refractivity contribution in [2.24, 2.45) is 10.9 Å². The molecule has 0 spiro atoms. The van der Waals surface area contributed by atoms with E-state index in [2.05, 4.69) is 44.4 Å². The highest BCUT2D eigenvalue weighted by molar-refractivity contribution is 5.80. The summed E-state index contributed by atoms with van der Waals surface area (Å²) in [6.45, 7) is 8.21. The van der Waals surface area contributed by atoms with Crippen molar-refractivity contribution in [2.75, 3.05) is 67.0 Å². The van der Waals surface area contributed by atoms with Crippen LogP contribution < -0.4 is 10.6 Å². The number of hydrogen-bond acceptors (Lipinski definition) is 4. The number of guanidine groups is 1. The summed E-state index contributed by atoms with van der Waals surface area (Å²) in [4.78, 5) is 12.1. The van der Waals surface area contributed by atoms with E-state index < -0.39 is 0 Å². The van der Waals surface area contributed by atoms with Gasteiger partial charge in [-0.15, -0.1) is 0 Å². The Bertz CT molecular complexity index is 454. The van der Waals surface area contributed by atoms with E-state index in [1.165, 1.54) is 71.1 Å². The van der Waals surface area contributed by atoms with Crippen molar-refractivity contribution >= 4 is 5.96 Å². The zero-order valence-electron chi connectivity index (χ0n) is 17.9. The predicted molar refractivity (Wildman–Crippen MR) is 114 cm³/mol. The van der Waals surface area contributed by atoms with Crippen LogP contribution in [0.3, 0.4) is 0 Å². The molecule has 2 saturated heterocycles. The van der Waals surface area contributed by atoms with Gasteiger partial charge < -0.3 is 20.4 Å². The number of likely N-dealkylation sites (N-methyl/N-ethyl adjacent to an activating group) is 2. The molecular formula is C21H42N6. The monoisotopic (exact) mass is 378 g/mol. The second-order valence-electron chi connectivity index (χ2n) is 9.07. The van der Waals surface area contributed by atoms with Crippen molar-refractivity contribution in [3.63, 3.8) is 0 Å². The summed E-state index contributed by atoms with van der Waals surface area (Å²) in [6.07, 6.45) is 9.76. The molecule has 6 heteroatoms. The molecule has 0 bridgehead atoms. The van der Waals surface area contributed by atoms with Crippen LogP contribution in [0, 0.1) is 5.92 Å². The molecule has 3 fully saturated rings. The Morgan fingerprint density at radius 2 is 1.70 bits per heavy atom. The molecule has 0 radical (unpaired) electrons. The first-order chi connectivity index (χ1) is 13.1. The van der Waals surface area contributed by atoms with Crippen molar-refractivity contribution < 1.29 is 0 Å². The van der Waals surface area contributed by atoms with Crippen LogP contribution in [0.5, 0.6) is 0 Å². The molecule has 2 heterocycles. The second kappa shape index (κ2) is 10.6. The standard InChI is InChI=1S/C21H42N6/c1-22-21(23-15-20-17-25(2)13-14-26(20)3)24-19-9-11-27(12-10-19)16-18-7-5-4-6-8-18/h18-20H,4-17H2,1-3H3,(H2,22,23,24). The second-order valence-corrected chi connectivity index (χ2v) is 9.07. The van der Waals surface area contributed by atoms with Gasteiger partial charge in [-0.05, 0) is 45.7 Å². The fraction of sp³-hybridized carbons (Fsp3) is 0.952. The van der Waals surface area contributed by atoms with Crippen LogP contribution in [0.1, 0.15) is 44.9 Å². The maximum atomic E-state index is 4.47. The van der Waals surface area contributed by atoms with Crippen LogP contribution in [-0.4, -0.2) is 99.7 Å². The molecule has 0 amide bonds. The first-order valence-electron chi connectivity index (χ1n) is 11.2. The lowest BCUT2D eigenvalue weighted by molar-refractivity contribution is 0.116. The Morgan fingerprint density at radius 3 is 2.41 bits per heavy atom. The van der Waals surface area contributed by atoms with Crippen molar-refractivity contribution in [2.45, 2.75) is 57.0 Å². The lowest BCUT2D eigenvalue weighted by atomic mass is 9.88. The lowest BCUT2D eigenvalue weighted by Gasteiger charge is -2.38. The van der Waals surface area contributed by atoms with Gasteiger partial charge in [0, 0.05) is 64.9 Å². The summed E-state index contributed by atoms with van der Waals surface area (Å²) in [5.74, 6) is 1.94. The molecule has 2 N–H and O–H groups in total. The highest BCUT2D eigenvalue weighted by atomic mass is 15.3. The Hall–Kier alpha value is -0.850. The molecule has 3 aliphatic rings. The third-order valence-electron chi connectivity index (χ3n) is 6.88. The summed E-state index contributed by atoms with van der Waals surface area (Å²) in [6, 6.07) is 1.12. The molecule has 1 saturated carbocycles. The molecule has 6 nitrogen and oxygen atoms in total. The van der Waals surface area contributed by atoms with Crippen LogP contribution in [0.25, 0.3) is 0 Å². The normalized spacial score (nSPS) is 28.4. The fourth-order valence-electron chi connectivity index (χ4n) is 4.92. The van der Waals surface area contributed by atoms with Crippen LogP contribution in [0.2, 0.25) is 0 Å². The third kappa shape index (κ3) is 6.61. The molecule has 3 rings (SSSR count). The topological polar surface area (TPSA) is 46.1 Å². The third-order valence-corrected chi connectivity index (χ3v) is 6.88. The average Bonchev–Trinajstić information content (AvgIpc) is 2.69. The number of nitrogens with zero attached hydrogens (tertiary/aromatic N) is 4. The summed E-state index contributed by atoms with van der Waals surface area (Å²) in [7, 11) is 6.34. The summed E-state index contributed by atoms with van der Waals surface area (Å²) in [5, 5.41) is 7.25. The molecule has 2 aliphatic heterocycles. The minimum atomic E-state index is 0.555. The number of piperazine rings is 1. The SMILES string of the molecule is CN=C(NCC1CN(C)CCN1C)NC1CCN(CC2CCCCC2)CC1. The zero-order valence-corrected chi connectivity index (χ0v) is 17.9. The number of likely N-dealkylation sites (tertiary alicyclic amines) is 1. The van der Waals surface area contributed by atoms with Gasteiger partial charge in [0.15, 0.2) is 5.96 Å². The van der Waals surface area contributed by atoms with Crippen LogP contribution in [-0.2, 0) is 0 Å². The lowest BCUT2D eigenvalue weighted by Crippen LogP contribution is -2.56. The molecule has 27 heavy (non-hydrogen) atoms. The van der Waals surface area contributed by atoms with Crippen molar-refractivity contribution in [3.05, 3.63) is 0 Å². The summed E-state index contributed by atoms with van der Waals surface area (Å²) < 4.78 is 0. The van der Waals surface area contributed by atoms with E-state index in [9.17, 15) is 0 Å². The number of rotatable bonds is 5. The van der Waals surface area contributed by atoms with Gasteiger partial charge in [-0.3, -0.25) is 9.89 Å². The van der Waals surface area contributed by atoms with E-state index in [1.807, 2.05) is 7.05 Å². The largest absolute Gasteiger partial charge is 0.355 e. The molecule has 156 valence electrons. The number of nitrogens with one attached hydrogen (secondary N) is 2. The van der Waals surface area contributed by atoms with Crippen molar-refractivity contribution in [1.82, 2.24) is 25.3 Å². The van der Waals surface area contributed by atoms with E-state index in [0.717, 1.165) is 31.5 Å². The molecule has 0 aromatic rings. The molecule has 1 unspecified atom stereocenters. The predicted octanol–water partition coefficient (Wildman–Crippen LogP) is 1.44. The van der Waals surface area contributed by atoms with Gasteiger partial charge in [0.1, 0.15) is 0 Å². The number of piperidine rings is 1. The molecule has 0 aromatic carbocycles. The highest BCUT2D eigenvalue weighted by Gasteiger charge is 2.25. The minimum absolute atomic E-state index is 0.555. The van der Waals surface area contributed by atoms with Crippen molar-refractivity contribution in [3.8, 4) is 0 Å². The van der Waals surface area contributed by atoms with Gasteiger partial charge in [0.2, 0.25) is 0 Å². The molecule has 1 aliphatic carbocycles. The minimum Gasteiger partial charge on any atom is -0.355 e. The maximum Gasteiger partial charge on any atom is 0.191 e. The van der Waals surface area contributed by atoms with Crippen LogP contribution in [0.4, 0.5) is 0 Å². The van der Waals surface area contributed by atoms with Gasteiger partial charge in [0.25, 0.3) is 0 Å². The zero-order chi connectivity index (χ0) is 19.1. The molecule has 0 aromatic heterocycles. The fourth-order valence-corrected chi connectivity index (χ4v) is 4.92. The Balaban J connectivity index is 1.35. The van der Waals surface area contributed by atoms with Gasteiger partial charge >= 0.3 is 0 Å². The highest BCUT2D eigenvalue weighted by Crippen LogP contribution is 2.25. The van der Waals surface area contributed by atoms with Gasteiger partial charge in [-0.2, -0.15) is 0 Å². The van der Waals surface area contributed by atoms with E-state index in [4.69, 9.17) is 0 Å². The van der Waals surface area contributed by atoms with Crippen molar-refractivity contribution in [1.29, 1.82) is 0 Å². The number of aliphatic imine (C=N–C) groups is 1. The average molecular weight is 379 g/mol. The van der Waals surface area contributed by atoms with E-state index in [-0.39, 0.29) is 0 Å². The van der Waals surface area contributed by atoms with Gasteiger partial charge in [-0.1, -0.05) is 19.3 Å². The van der Waals surface area contributed by atoms with E-state index in [1.54, 1.807) is 0 Å². The van der Waals surface area contributed by atoms with Gasteiger partial charge in [0.05, 0.1) is 0 Å². The van der Waals surface area contributed by atoms with E-state index in [0.29, 0.717) is 12.1 Å². The van der Waals surface area contributed by atoms with Gasteiger partial charge in [-0.25, -0.2) is 0 Å². The summed E-state index contributed by atoms with van der Waals surface area (Å²) >= 11 is 0. The Labute approximate surface area is 166 Å². The smallest absolute Gasteiger partial charge is 0.191 e. The van der Waals surface area contributed by atoms with E-state index >= 15 is 0 Å². The quantitative estimate of drug-likeness (QED) is 0.560. The summed E-state index contributed by atoms with van der Waals surface area (Å²) in [5.41, 5.74) is 0.